The monoisotopic (exact) mass is 268 g/mol. The maximum atomic E-state index is 6.16. The van der Waals surface area contributed by atoms with Crippen LogP contribution in [-0.4, -0.2) is 24.3 Å². The topological polar surface area (TPSA) is 36.9 Å². The lowest BCUT2D eigenvalue weighted by molar-refractivity contribution is -0.566. The second kappa shape index (κ2) is 3.94. The fraction of sp³-hybridized carbons (Fsp3) is 1.00. The molecule has 0 N–H and O–H groups in total. The number of hydrogen-bond donors (Lipinski definition) is 0. The van der Waals surface area contributed by atoms with Crippen molar-refractivity contribution in [3.8, 4) is 0 Å². The maximum Gasteiger partial charge on any atom is 0.201 e. The smallest absolute Gasteiger partial charge is 0.201 e. The van der Waals surface area contributed by atoms with Gasteiger partial charge in [0, 0.05) is 12.3 Å². The third kappa shape index (κ3) is 1.54. The van der Waals surface area contributed by atoms with E-state index in [-0.39, 0.29) is 11.9 Å². The summed E-state index contributed by atoms with van der Waals surface area (Å²) in [5.74, 6) is 1.53. The molecule has 0 radical (unpaired) electrons. The summed E-state index contributed by atoms with van der Waals surface area (Å²) in [6.07, 6.45) is 4.24. The Morgan fingerprint density at radius 2 is 1.74 bits per heavy atom. The van der Waals surface area contributed by atoms with Crippen molar-refractivity contribution >= 4 is 0 Å². The zero-order valence-corrected chi connectivity index (χ0v) is 12.1. The molecule has 2 bridgehead atoms. The van der Waals surface area contributed by atoms with Gasteiger partial charge in [0.05, 0.1) is 6.61 Å². The van der Waals surface area contributed by atoms with Crippen molar-refractivity contribution in [1.29, 1.82) is 0 Å². The first kappa shape index (κ1) is 12.6. The van der Waals surface area contributed by atoms with Crippen LogP contribution in [0.5, 0.6) is 0 Å². The Kier molecular flexibility index (Phi) is 2.61. The highest BCUT2D eigenvalue weighted by molar-refractivity contribution is 5.08. The maximum absolute atomic E-state index is 6.16. The number of ether oxygens (including phenoxy) is 2. The van der Waals surface area contributed by atoms with E-state index >= 15 is 0 Å². The van der Waals surface area contributed by atoms with Crippen LogP contribution in [-0.2, 0) is 19.2 Å². The molecule has 0 aromatic rings. The highest BCUT2D eigenvalue weighted by Gasteiger charge is 2.67. The first-order valence-corrected chi connectivity index (χ1v) is 7.71. The molecular weight excluding hydrogens is 244 g/mol. The molecule has 4 heteroatoms. The van der Waals surface area contributed by atoms with Gasteiger partial charge in [0.25, 0.3) is 0 Å². The molecule has 19 heavy (non-hydrogen) atoms. The van der Waals surface area contributed by atoms with E-state index in [4.69, 9.17) is 19.2 Å². The van der Waals surface area contributed by atoms with Gasteiger partial charge in [-0.05, 0) is 43.9 Å². The number of fused-ring (bicyclic) bond motifs is 2. The van der Waals surface area contributed by atoms with Crippen molar-refractivity contribution < 1.29 is 19.2 Å². The van der Waals surface area contributed by atoms with Crippen LogP contribution in [0.1, 0.15) is 46.5 Å². The van der Waals surface area contributed by atoms with E-state index in [0.717, 1.165) is 19.4 Å². The molecule has 4 nitrogen and oxygen atoms in total. The van der Waals surface area contributed by atoms with Crippen LogP contribution in [0, 0.1) is 23.7 Å². The van der Waals surface area contributed by atoms with Crippen LogP contribution >= 0.6 is 0 Å². The van der Waals surface area contributed by atoms with Gasteiger partial charge in [-0.25, -0.2) is 9.78 Å². The molecule has 7 atom stereocenters. The van der Waals surface area contributed by atoms with Gasteiger partial charge < -0.3 is 9.47 Å². The lowest BCUT2D eigenvalue weighted by atomic mass is 9.58. The Labute approximate surface area is 114 Å². The van der Waals surface area contributed by atoms with Crippen molar-refractivity contribution in [2.24, 2.45) is 23.7 Å². The minimum Gasteiger partial charge on any atom is -0.349 e. The quantitative estimate of drug-likeness (QED) is 0.633. The normalized spacial score (nSPS) is 60.5. The summed E-state index contributed by atoms with van der Waals surface area (Å²) in [4.78, 5) is 11.7. The van der Waals surface area contributed by atoms with E-state index in [1.807, 2.05) is 6.92 Å². The first-order valence-electron chi connectivity index (χ1n) is 7.71. The molecule has 4 saturated heterocycles. The molecule has 4 heterocycles. The zero-order chi connectivity index (χ0) is 13.3. The van der Waals surface area contributed by atoms with Gasteiger partial charge in [0.15, 0.2) is 11.9 Å². The van der Waals surface area contributed by atoms with Crippen LogP contribution in [0.2, 0.25) is 0 Å². The van der Waals surface area contributed by atoms with Crippen LogP contribution < -0.4 is 0 Å². The van der Waals surface area contributed by atoms with Gasteiger partial charge in [-0.3, -0.25) is 0 Å². The molecule has 1 saturated carbocycles. The molecule has 1 aliphatic carbocycles. The van der Waals surface area contributed by atoms with Crippen molar-refractivity contribution in [3.63, 3.8) is 0 Å². The van der Waals surface area contributed by atoms with E-state index in [1.165, 1.54) is 12.8 Å². The largest absolute Gasteiger partial charge is 0.349 e. The minimum atomic E-state index is -0.627. The third-order valence-electron chi connectivity index (χ3n) is 5.97. The number of rotatable bonds is 0. The van der Waals surface area contributed by atoms with E-state index in [2.05, 4.69) is 13.8 Å². The predicted molar refractivity (Wildman–Crippen MR) is 67.9 cm³/mol. The zero-order valence-electron chi connectivity index (χ0n) is 12.1. The average Bonchev–Trinajstić information content (AvgIpc) is 2.61. The molecule has 0 aromatic carbocycles. The molecule has 3 unspecified atom stereocenters. The summed E-state index contributed by atoms with van der Waals surface area (Å²) in [6.45, 7) is 7.36. The van der Waals surface area contributed by atoms with E-state index in [0.29, 0.717) is 23.7 Å². The lowest BCUT2D eigenvalue weighted by Gasteiger charge is -2.58. The Morgan fingerprint density at radius 1 is 0.947 bits per heavy atom. The van der Waals surface area contributed by atoms with E-state index < -0.39 is 5.79 Å². The molecular formula is C15H24O4. The summed E-state index contributed by atoms with van der Waals surface area (Å²) >= 11 is 0. The van der Waals surface area contributed by atoms with Crippen LogP contribution in [0.4, 0.5) is 0 Å². The standard InChI is InChI=1S/C15H24O4/c1-9-4-5-11-10(2)8-16-13-15(11)12(9)6-7-14(3,17-13)18-19-15/h9-13H,4-8H2,1-3H3/t9-,10?,11?,12?,13-,14-,15+/m1/s1. The summed E-state index contributed by atoms with van der Waals surface area (Å²) in [5.41, 5.74) is -0.370. The van der Waals surface area contributed by atoms with Gasteiger partial charge >= 0.3 is 0 Å². The minimum absolute atomic E-state index is 0.248. The molecule has 1 spiro atoms. The molecule has 0 aromatic heterocycles. The van der Waals surface area contributed by atoms with Gasteiger partial charge in [0.2, 0.25) is 5.79 Å². The molecule has 108 valence electrons. The second-order valence-corrected chi connectivity index (χ2v) is 7.22. The lowest BCUT2D eigenvalue weighted by Crippen LogP contribution is -2.68. The highest BCUT2D eigenvalue weighted by Crippen LogP contribution is 2.59. The molecule has 5 aliphatic rings. The third-order valence-corrected chi connectivity index (χ3v) is 5.97. The van der Waals surface area contributed by atoms with Crippen LogP contribution in [0.25, 0.3) is 0 Å². The van der Waals surface area contributed by atoms with Crippen molar-refractivity contribution in [3.05, 3.63) is 0 Å². The van der Waals surface area contributed by atoms with Crippen molar-refractivity contribution in [1.82, 2.24) is 0 Å². The SMILES string of the molecule is CC1CO[C@@H]2O[C@@]3(C)CCC4[C@H](C)CCC1[C@]42OO3. The predicted octanol–water partition coefficient (Wildman–Crippen LogP) is 2.87. The van der Waals surface area contributed by atoms with Crippen LogP contribution in [0.15, 0.2) is 0 Å². The Bertz CT molecular complexity index is 386. The molecule has 5 fully saturated rings. The van der Waals surface area contributed by atoms with Gasteiger partial charge in [0.1, 0.15) is 0 Å². The van der Waals surface area contributed by atoms with Gasteiger partial charge in [-0.15, -0.1) is 0 Å². The van der Waals surface area contributed by atoms with Crippen molar-refractivity contribution in [2.75, 3.05) is 6.61 Å². The Morgan fingerprint density at radius 3 is 2.58 bits per heavy atom. The van der Waals surface area contributed by atoms with E-state index in [1.54, 1.807) is 0 Å². The average molecular weight is 268 g/mol. The summed E-state index contributed by atoms with van der Waals surface area (Å²) < 4.78 is 12.2. The summed E-state index contributed by atoms with van der Waals surface area (Å²) in [7, 11) is 0. The van der Waals surface area contributed by atoms with Gasteiger partial charge in [-0.2, -0.15) is 0 Å². The molecule has 4 aliphatic heterocycles. The Hall–Kier alpha value is -0.160. The van der Waals surface area contributed by atoms with Crippen molar-refractivity contribution in [2.45, 2.75) is 64.1 Å². The highest BCUT2D eigenvalue weighted by atomic mass is 17.3. The summed E-state index contributed by atoms with van der Waals surface area (Å²) in [5, 5.41) is 0. The van der Waals surface area contributed by atoms with E-state index in [9.17, 15) is 0 Å². The molecule has 0 amide bonds. The van der Waals surface area contributed by atoms with Gasteiger partial charge in [-0.1, -0.05) is 13.8 Å². The number of hydrogen-bond acceptors (Lipinski definition) is 4. The second-order valence-electron chi connectivity index (χ2n) is 7.22. The fourth-order valence-corrected chi connectivity index (χ4v) is 4.88. The van der Waals surface area contributed by atoms with Crippen LogP contribution in [0.3, 0.4) is 0 Å². The first-order chi connectivity index (χ1) is 9.05. The molecule has 5 rings (SSSR count). The Balaban J connectivity index is 1.81. The summed E-state index contributed by atoms with van der Waals surface area (Å²) in [6, 6.07) is 0. The fourth-order valence-electron chi connectivity index (χ4n) is 4.88.